The fourth-order valence-electron chi connectivity index (χ4n) is 1.81. The lowest BCUT2D eigenvalue weighted by Crippen LogP contribution is -2.27. The van der Waals surface area contributed by atoms with E-state index in [4.69, 9.17) is 9.47 Å². The fraction of sp³-hybridized carbons (Fsp3) is 0.667. The third-order valence-electron chi connectivity index (χ3n) is 2.67. The molecule has 0 saturated carbocycles. The maximum atomic E-state index is 11.6. The van der Waals surface area contributed by atoms with Crippen LogP contribution in [0.3, 0.4) is 0 Å². The van der Waals surface area contributed by atoms with Gasteiger partial charge in [0.2, 0.25) is 0 Å². The van der Waals surface area contributed by atoms with Crippen molar-refractivity contribution in [3.63, 3.8) is 0 Å². The van der Waals surface area contributed by atoms with Crippen LogP contribution in [-0.2, 0) is 16.0 Å². The van der Waals surface area contributed by atoms with Gasteiger partial charge < -0.3 is 19.8 Å². The van der Waals surface area contributed by atoms with Crippen LogP contribution in [0.5, 0.6) is 0 Å². The highest BCUT2D eigenvalue weighted by atomic mass is 16.6. The summed E-state index contributed by atoms with van der Waals surface area (Å²) in [6, 6.07) is 1.51. The van der Waals surface area contributed by atoms with E-state index in [9.17, 15) is 4.79 Å². The highest BCUT2D eigenvalue weighted by molar-refractivity contribution is 5.05. The van der Waals surface area contributed by atoms with Crippen LogP contribution in [0.4, 0.5) is 0 Å². The minimum atomic E-state index is -0.266. The van der Waals surface area contributed by atoms with Gasteiger partial charge in [-0.25, -0.2) is 4.98 Å². The van der Waals surface area contributed by atoms with Crippen molar-refractivity contribution in [3.05, 3.63) is 27.9 Å². The van der Waals surface area contributed by atoms with Crippen molar-refractivity contribution in [1.29, 1.82) is 0 Å². The molecule has 6 heteroatoms. The van der Waals surface area contributed by atoms with Crippen LogP contribution >= 0.6 is 0 Å². The molecule has 1 aromatic heterocycles. The minimum Gasteiger partial charge on any atom is -0.376 e. The summed E-state index contributed by atoms with van der Waals surface area (Å²) in [5, 5.41) is 3.22. The van der Waals surface area contributed by atoms with E-state index < -0.39 is 0 Å². The summed E-state index contributed by atoms with van der Waals surface area (Å²) in [6.07, 6.45) is 0.785. The van der Waals surface area contributed by atoms with Gasteiger partial charge in [0.05, 0.1) is 25.5 Å². The van der Waals surface area contributed by atoms with E-state index in [2.05, 4.69) is 22.2 Å². The molecule has 0 aromatic carbocycles. The molecular weight excluding hydrogens is 234 g/mol. The van der Waals surface area contributed by atoms with E-state index in [1.165, 1.54) is 6.07 Å². The zero-order valence-corrected chi connectivity index (χ0v) is 10.6. The average Bonchev–Trinajstić information content (AvgIpc) is 2.39. The summed E-state index contributed by atoms with van der Waals surface area (Å²) in [6.45, 7) is 5.17. The summed E-state index contributed by atoms with van der Waals surface area (Å²) < 4.78 is 10.8. The van der Waals surface area contributed by atoms with Gasteiger partial charge in [0.25, 0.3) is 5.56 Å². The van der Waals surface area contributed by atoms with Gasteiger partial charge in [-0.15, -0.1) is 0 Å². The number of ether oxygens (including phenoxy) is 2. The monoisotopic (exact) mass is 253 g/mol. The number of rotatable bonds is 5. The topological polar surface area (TPSA) is 76.2 Å². The van der Waals surface area contributed by atoms with Crippen LogP contribution in [0, 0.1) is 0 Å². The van der Waals surface area contributed by atoms with Gasteiger partial charge in [-0.3, -0.25) is 4.79 Å². The molecule has 1 unspecified atom stereocenters. The molecule has 0 radical (unpaired) electrons. The van der Waals surface area contributed by atoms with Gasteiger partial charge in [0.1, 0.15) is 11.9 Å². The Morgan fingerprint density at radius 3 is 3.17 bits per heavy atom. The lowest BCUT2D eigenvalue weighted by molar-refractivity contribution is -0.0936. The Labute approximate surface area is 106 Å². The molecule has 1 atom stereocenters. The van der Waals surface area contributed by atoms with Crippen LogP contribution in [0.1, 0.15) is 31.0 Å². The SMILES string of the molecule is CCCNCc1cc(=O)[nH]c(C2COCCO2)n1. The van der Waals surface area contributed by atoms with E-state index in [1.807, 2.05) is 0 Å². The number of hydrogen-bond acceptors (Lipinski definition) is 5. The van der Waals surface area contributed by atoms with Crippen molar-refractivity contribution in [2.24, 2.45) is 0 Å². The Balaban J connectivity index is 2.07. The molecule has 2 N–H and O–H groups in total. The number of nitrogens with one attached hydrogen (secondary N) is 2. The number of H-pyrrole nitrogens is 1. The number of aromatic nitrogens is 2. The Morgan fingerprint density at radius 2 is 2.44 bits per heavy atom. The van der Waals surface area contributed by atoms with Crippen LogP contribution in [0.25, 0.3) is 0 Å². The predicted octanol–water partition coefficient (Wildman–Crippen LogP) is 0.357. The molecule has 1 aliphatic rings. The summed E-state index contributed by atoms with van der Waals surface area (Å²) in [5.41, 5.74) is 0.582. The molecule has 100 valence electrons. The zero-order valence-electron chi connectivity index (χ0n) is 10.6. The highest BCUT2D eigenvalue weighted by Crippen LogP contribution is 2.15. The third kappa shape index (κ3) is 3.63. The Hall–Kier alpha value is -1.24. The smallest absolute Gasteiger partial charge is 0.251 e. The summed E-state index contributed by atoms with van der Waals surface area (Å²) in [4.78, 5) is 18.7. The molecule has 0 aliphatic carbocycles. The number of aromatic amines is 1. The number of hydrogen-bond donors (Lipinski definition) is 2. The van der Waals surface area contributed by atoms with Crippen LogP contribution in [0.15, 0.2) is 10.9 Å². The van der Waals surface area contributed by atoms with Crippen molar-refractivity contribution in [1.82, 2.24) is 15.3 Å². The first kappa shape index (κ1) is 13.2. The normalized spacial score (nSPS) is 19.9. The van der Waals surface area contributed by atoms with Crippen LogP contribution < -0.4 is 10.9 Å². The standard InChI is InChI=1S/C12H19N3O3/c1-2-3-13-7-9-6-11(16)15-12(14-9)10-8-17-4-5-18-10/h6,10,13H,2-5,7-8H2,1H3,(H,14,15,16). The van der Waals surface area contributed by atoms with Crippen molar-refractivity contribution in [2.75, 3.05) is 26.4 Å². The van der Waals surface area contributed by atoms with E-state index in [0.717, 1.165) is 18.7 Å². The maximum absolute atomic E-state index is 11.6. The predicted molar refractivity (Wildman–Crippen MR) is 66.4 cm³/mol. The minimum absolute atomic E-state index is 0.150. The molecule has 18 heavy (non-hydrogen) atoms. The molecule has 6 nitrogen and oxygen atoms in total. The summed E-state index contributed by atoms with van der Waals surface area (Å²) >= 11 is 0. The van der Waals surface area contributed by atoms with Gasteiger partial charge in [-0.2, -0.15) is 0 Å². The van der Waals surface area contributed by atoms with Crippen molar-refractivity contribution in [3.8, 4) is 0 Å². The molecule has 2 heterocycles. The highest BCUT2D eigenvalue weighted by Gasteiger charge is 2.19. The van der Waals surface area contributed by atoms with Gasteiger partial charge in [0, 0.05) is 12.6 Å². The Morgan fingerprint density at radius 1 is 1.56 bits per heavy atom. The Kier molecular flexibility index (Phi) is 4.86. The molecular formula is C12H19N3O3. The van der Waals surface area contributed by atoms with E-state index in [0.29, 0.717) is 32.2 Å². The van der Waals surface area contributed by atoms with Gasteiger partial charge >= 0.3 is 0 Å². The fourth-order valence-corrected chi connectivity index (χ4v) is 1.81. The largest absolute Gasteiger partial charge is 0.376 e. The first-order valence-electron chi connectivity index (χ1n) is 6.30. The van der Waals surface area contributed by atoms with E-state index >= 15 is 0 Å². The molecule has 0 amide bonds. The molecule has 1 fully saturated rings. The van der Waals surface area contributed by atoms with Crippen molar-refractivity contribution < 1.29 is 9.47 Å². The van der Waals surface area contributed by atoms with Crippen LogP contribution in [0.2, 0.25) is 0 Å². The van der Waals surface area contributed by atoms with Crippen molar-refractivity contribution in [2.45, 2.75) is 26.0 Å². The van der Waals surface area contributed by atoms with Gasteiger partial charge in [-0.1, -0.05) is 6.92 Å². The molecule has 0 bridgehead atoms. The quantitative estimate of drug-likeness (QED) is 0.741. The molecule has 1 aromatic rings. The third-order valence-corrected chi connectivity index (χ3v) is 2.67. The molecule has 1 saturated heterocycles. The summed E-state index contributed by atoms with van der Waals surface area (Å²) in [7, 11) is 0. The van der Waals surface area contributed by atoms with Crippen LogP contribution in [-0.4, -0.2) is 36.3 Å². The Bertz CT molecular complexity index is 427. The molecule has 0 spiro atoms. The average molecular weight is 253 g/mol. The second-order valence-corrected chi connectivity index (χ2v) is 4.23. The second kappa shape index (κ2) is 6.63. The second-order valence-electron chi connectivity index (χ2n) is 4.23. The first-order chi connectivity index (χ1) is 8.79. The molecule has 2 rings (SSSR count). The van der Waals surface area contributed by atoms with E-state index in [1.54, 1.807) is 0 Å². The van der Waals surface area contributed by atoms with E-state index in [-0.39, 0.29) is 11.7 Å². The molecule has 1 aliphatic heterocycles. The maximum Gasteiger partial charge on any atom is 0.251 e. The zero-order chi connectivity index (χ0) is 12.8. The lowest BCUT2D eigenvalue weighted by atomic mass is 10.3. The summed E-state index contributed by atoms with van der Waals surface area (Å²) in [5.74, 6) is 0.551. The number of nitrogens with zero attached hydrogens (tertiary/aromatic N) is 1. The van der Waals surface area contributed by atoms with Gasteiger partial charge in [-0.05, 0) is 13.0 Å². The lowest BCUT2D eigenvalue weighted by Gasteiger charge is -2.22. The van der Waals surface area contributed by atoms with Gasteiger partial charge in [0.15, 0.2) is 0 Å². The first-order valence-corrected chi connectivity index (χ1v) is 6.30. The van der Waals surface area contributed by atoms with Crippen molar-refractivity contribution >= 4 is 0 Å².